The maximum atomic E-state index is 12.3. The maximum absolute atomic E-state index is 12.3. The van der Waals surface area contributed by atoms with Crippen molar-refractivity contribution < 1.29 is 24.9 Å². The molecule has 0 aliphatic heterocycles. The molecule has 5 heteroatoms. The second kappa shape index (κ2) is 13.7. The molecule has 0 radical (unpaired) electrons. The molecule has 1 fully saturated rings. The molecule has 1 saturated carbocycles. The molecule has 0 saturated heterocycles. The van der Waals surface area contributed by atoms with Gasteiger partial charge in [-0.3, -0.25) is 9.59 Å². The molecule has 0 aromatic heterocycles. The third kappa shape index (κ3) is 9.72. The molecule has 5 nitrogen and oxygen atoms in total. The van der Waals surface area contributed by atoms with Crippen LogP contribution in [-0.2, 0) is 9.59 Å². The summed E-state index contributed by atoms with van der Waals surface area (Å²) < 4.78 is 0. The summed E-state index contributed by atoms with van der Waals surface area (Å²) >= 11 is 0. The molecule has 1 unspecified atom stereocenters. The number of rotatable bonds is 16. The van der Waals surface area contributed by atoms with Crippen molar-refractivity contribution >= 4 is 11.8 Å². The average molecular weight is 409 g/mol. The average Bonchev–Trinajstić information content (AvgIpc) is 2.94. The summed E-state index contributed by atoms with van der Waals surface area (Å²) in [5.41, 5.74) is -0.933. The fraction of sp³-hybridized carbons (Fsp3) is 0.750. The zero-order valence-electron chi connectivity index (χ0n) is 18.0. The van der Waals surface area contributed by atoms with Crippen molar-refractivity contribution in [3.63, 3.8) is 0 Å². The number of carboxylic acid groups (broad SMARTS) is 1. The molecule has 0 bridgehead atoms. The van der Waals surface area contributed by atoms with E-state index >= 15 is 0 Å². The molecule has 0 aromatic carbocycles. The van der Waals surface area contributed by atoms with Crippen LogP contribution in [0.25, 0.3) is 0 Å². The molecule has 0 amide bonds. The van der Waals surface area contributed by atoms with Crippen LogP contribution >= 0.6 is 0 Å². The zero-order valence-corrected chi connectivity index (χ0v) is 18.0. The molecular weight excluding hydrogens is 368 g/mol. The Morgan fingerprint density at radius 1 is 1.17 bits per heavy atom. The number of carboxylic acids is 1. The molecule has 1 aliphatic carbocycles. The number of unbranched alkanes of at least 4 members (excludes halogenated alkanes) is 6. The summed E-state index contributed by atoms with van der Waals surface area (Å²) in [7, 11) is 0. The molecule has 0 heterocycles. The summed E-state index contributed by atoms with van der Waals surface area (Å²) in [5, 5.41) is 29.7. The van der Waals surface area contributed by atoms with Gasteiger partial charge in [0.15, 0.2) is 0 Å². The zero-order chi connectivity index (χ0) is 21.7. The summed E-state index contributed by atoms with van der Waals surface area (Å²) in [4.78, 5) is 22.8. The van der Waals surface area contributed by atoms with Crippen molar-refractivity contribution in [1.82, 2.24) is 0 Å². The Morgan fingerprint density at radius 3 is 2.52 bits per heavy atom. The molecule has 29 heavy (non-hydrogen) atoms. The minimum atomic E-state index is -0.933. The summed E-state index contributed by atoms with van der Waals surface area (Å²) in [6.07, 6.45) is 14.6. The van der Waals surface area contributed by atoms with Gasteiger partial charge >= 0.3 is 5.97 Å². The lowest BCUT2D eigenvalue weighted by atomic mass is 9.87. The molecule has 166 valence electrons. The van der Waals surface area contributed by atoms with Crippen LogP contribution in [0, 0.1) is 11.8 Å². The van der Waals surface area contributed by atoms with E-state index in [0.29, 0.717) is 19.3 Å². The van der Waals surface area contributed by atoms with Gasteiger partial charge in [0, 0.05) is 24.7 Å². The van der Waals surface area contributed by atoms with Gasteiger partial charge in [-0.2, -0.15) is 0 Å². The van der Waals surface area contributed by atoms with Crippen LogP contribution < -0.4 is 0 Å². The van der Waals surface area contributed by atoms with Gasteiger partial charge in [-0.05, 0) is 25.7 Å². The van der Waals surface area contributed by atoms with Crippen LogP contribution in [0.4, 0.5) is 0 Å². The number of ketones is 1. The predicted molar refractivity (Wildman–Crippen MR) is 116 cm³/mol. The predicted octanol–water partition coefficient (Wildman–Crippen LogP) is 4.81. The summed E-state index contributed by atoms with van der Waals surface area (Å²) in [6, 6.07) is 0. The first-order chi connectivity index (χ1) is 13.8. The standard InChI is InChI=1S/C24H40O5/c1-3-5-6-11-16-24(29,4-2)17-12-14-20-19(21(25)18-22(20)26)13-9-7-8-10-15-23(27)28/h4,12,14,19-20,22,26,29H,2-3,5-11,13,15-18H2,1H3,(H,27,28)/t19-,20-,22-,24?/m1/s1. The molecule has 1 rings (SSSR count). The van der Waals surface area contributed by atoms with E-state index in [1.807, 2.05) is 12.2 Å². The molecule has 0 spiro atoms. The molecule has 4 atom stereocenters. The number of aliphatic hydroxyl groups excluding tert-OH is 1. The van der Waals surface area contributed by atoms with E-state index in [2.05, 4.69) is 13.5 Å². The highest BCUT2D eigenvalue weighted by Crippen LogP contribution is 2.35. The number of aliphatic hydroxyl groups is 2. The van der Waals surface area contributed by atoms with Gasteiger partial charge in [0.05, 0.1) is 11.7 Å². The van der Waals surface area contributed by atoms with Crippen molar-refractivity contribution in [2.75, 3.05) is 0 Å². The van der Waals surface area contributed by atoms with E-state index in [9.17, 15) is 19.8 Å². The van der Waals surface area contributed by atoms with Crippen LogP contribution in [0.2, 0.25) is 0 Å². The van der Waals surface area contributed by atoms with Crippen molar-refractivity contribution in [2.24, 2.45) is 11.8 Å². The molecular formula is C24H40O5. The number of Topliss-reactive ketones (excluding diaryl/α,β-unsaturated/α-hetero) is 1. The van der Waals surface area contributed by atoms with Gasteiger partial charge in [0.2, 0.25) is 0 Å². The first-order valence-corrected chi connectivity index (χ1v) is 11.3. The Bertz CT molecular complexity index is 541. The highest BCUT2D eigenvalue weighted by Gasteiger charge is 2.39. The van der Waals surface area contributed by atoms with Crippen molar-refractivity contribution in [3.05, 3.63) is 24.8 Å². The third-order valence-corrected chi connectivity index (χ3v) is 6.06. The normalized spacial score (nSPS) is 24.1. The lowest BCUT2D eigenvalue weighted by Gasteiger charge is -2.23. The molecule has 3 N–H and O–H groups in total. The van der Waals surface area contributed by atoms with Crippen LogP contribution in [0.1, 0.15) is 90.4 Å². The molecule has 1 aliphatic rings. The number of hydrogen-bond acceptors (Lipinski definition) is 4. The number of carbonyl (C=O) groups excluding carboxylic acids is 1. The van der Waals surface area contributed by atoms with E-state index in [1.165, 1.54) is 0 Å². The second-order valence-electron chi connectivity index (χ2n) is 8.52. The van der Waals surface area contributed by atoms with Crippen molar-refractivity contribution in [1.29, 1.82) is 0 Å². The lowest BCUT2D eigenvalue weighted by molar-refractivity contribution is -0.137. The Kier molecular flexibility index (Phi) is 12.1. The van der Waals surface area contributed by atoms with E-state index in [1.54, 1.807) is 6.08 Å². The van der Waals surface area contributed by atoms with Gasteiger partial charge < -0.3 is 15.3 Å². The number of carbonyl (C=O) groups is 2. The number of aliphatic carboxylic acids is 1. The van der Waals surface area contributed by atoms with E-state index in [0.717, 1.165) is 51.4 Å². The van der Waals surface area contributed by atoms with Crippen LogP contribution in [0.15, 0.2) is 24.8 Å². The maximum Gasteiger partial charge on any atom is 0.303 e. The van der Waals surface area contributed by atoms with E-state index in [-0.39, 0.29) is 30.5 Å². The first kappa shape index (κ1) is 25.6. The van der Waals surface area contributed by atoms with Gasteiger partial charge in [-0.25, -0.2) is 0 Å². The van der Waals surface area contributed by atoms with Gasteiger partial charge in [0.25, 0.3) is 0 Å². The van der Waals surface area contributed by atoms with E-state index < -0.39 is 17.7 Å². The highest BCUT2D eigenvalue weighted by atomic mass is 16.4. The summed E-state index contributed by atoms with van der Waals surface area (Å²) in [5.74, 6) is -1.04. The SMILES string of the molecule is C=CC(O)(CC=C[C@H]1[C@H](O)CC(=O)[C@@H]1CCCCCCC(=O)O)CCCCCC. The molecule has 0 aromatic rings. The second-order valence-corrected chi connectivity index (χ2v) is 8.52. The van der Waals surface area contributed by atoms with Gasteiger partial charge in [-0.1, -0.05) is 70.1 Å². The fourth-order valence-electron chi connectivity index (χ4n) is 4.16. The quantitative estimate of drug-likeness (QED) is 0.252. The minimum absolute atomic E-state index is 0.108. The summed E-state index contributed by atoms with van der Waals surface area (Å²) in [6.45, 7) is 5.93. The Balaban J connectivity index is 2.49. The highest BCUT2D eigenvalue weighted by molar-refractivity contribution is 5.84. The van der Waals surface area contributed by atoms with Crippen LogP contribution in [-0.4, -0.2) is 38.8 Å². The first-order valence-electron chi connectivity index (χ1n) is 11.3. The minimum Gasteiger partial charge on any atom is -0.481 e. The van der Waals surface area contributed by atoms with Gasteiger partial charge in [-0.15, -0.1) is 6.58 Å². The van der Waals surface area contributed by atoms with Crippen molar-refractivity contribution in [3.8, 4) is 0 Å². The van der Waals surface area contributed by atoms with Gasteiger partial charge in [0.1, 0.15) is 5.78 Å². The monoisotopic (exact) mass is 408 g/mol. The van der Waals surface area contributed by atoms with Crippen molar-refractivity contribution in [2.45, 2.75) is 102 Å². The third-order valence-electron chi connectivity index (χ3n) is 6.06. The topological polar surface area (TPSA) is 94.8 Å². The van der Waals surface area contributed by atoms with E-state index in [4.69, 9.17) is 5.11 Å². The largest absolute Gasteiger partial charge is 0.481 e. The smallest absolute Gasteiger partial charge is 0.303 e. The Labute approximate surface area is 175 Å². The van der Waals surface area contributed by atoms with Crippen LogP contribution in [0.3, 0.4) is 0 Å². The fourth-order valence-corrected chi connectivity index (χ4v) is 4.16. The lowest BCUT2D eigenvalue weighted by Crippen LogP contribution is -2.25. The Hall–Kier alpha value is -1.46. The number of hydrogen-bond donors (Lipinski definition) is 3. The van der Waals surface area contributed by atoms with Crippen LogP contribution in [0.5, 0.6) is 0 Å². The Morgan fingerprint density at radius 2 is 1.86 bits per heavy atom.